The molecule has 1 aliphatic heterocycles. The Labute approximate surface area is 114 Å². The summed E-state index contributed by atoms with van der Waals surface area (Å²) in [6.07, 6.45) is 2.30. The van der Waals surface area contributed by atoms with Crippen LogP contribution in [0.2, 0.25) is 0 Å². The van der Waals surface area contributed by atoms with Crippen LogP contribution in [-0.2, 0) is 9.47 Å². The lowest BCUT2D eigenvalue weighted by molar-refractivity contribution is -0.00626. The molecule has 0 saturated carbocycles. The summed E-state index contributed by atoms with van der Waals surface area (Å²) >= 11 is 3.39. The third-order valence-electron chi connectivity index (χ3n) is 3.00. The van der Waals surface area contributed by atoms with E-state index in [2.05, 4.69) is 36.6 Å². The molecular weight excluding hydrogens is 302 g/mol. The molecule has 1 saturated heterocycles. The molecule has 4 N–H and O–H groups in total. The van der Waals surface area contributed by atoms with Gasteiger partial charge in [-0.3, -0.25) is 0 Å². The monoisotopic (exact) mass is 317 g/mol. The summed E-state index contributed by atoms with van der Waals surface area (Å²) in [7, 11) is 1.69. The van der Waals surface area contributed by atoms with E-state index in [0.29, 0.717) is 29.3 Å². The van der Waals surface area contributed by atoms with Crippen molar-refractivity contribution >= 4 is 27.6 Å². The highest BCUT2D eigenvalue weighted by atomic mass is 79.9. The number of nitrogens with zero attached hydrogens (tertiary/aromatic N) is 2. The highest BCUT2D eigenvalue weighted by molar-refractivity contribution is 9.10. The number of anilines is 2. The Kier molecular flexibility index (Phi) is 4.33. The molecule has 1 atom stereocenters. The quantitative estimate of drug-likeness (QED) is 0.544. The van der Waals surface area contributed by atoms with Gasteiger partial charge >= 0.3 is 0 Å². The van der Waals surface area contributed by atoms with Gasteiger partial charge in [0.1, 0.15) is 22.2 Å². The van der Waals surface area contributed by atoms with Crippen molar-refractivity contribution < 1.29 is 9.47 Å². The molecule has 1 unspecified atom stereocenters. The van der Waals surface area contributed by atoms with Crippen LogP contribution in [-0.4, -0.2) is 42.4 Å². The number of hydrogen-bond acceptors (Lipinski definition) is 7. The maximum atomic E-state index is 5.53. The van der Waals surface area contributed by atoms with Crippen molar-refractivity contribution in [2.45, 2.75) is 12.0 Å². The van der Waals surface area contributed by atoms with E-state index in [4.69, 9.17) is 15.3 Å². The highest BCUT2D eigenvalue weighted by Gasteiger charge is 2.35. The van der Waals surface area contributed by atoms with E-state index >= 15 is 0 Å². The summed E-state index contributed by atoms with van der Waals surface area (Å²) in [5.41, 5.74) is 2.20. The van der Waals surface area contributed by atoms with Gasteiger partial charge in [0.25, 0.3) is 0 Å². The molecule has 1 aromatic rings. The number of ether oxygens (including phenoxy) is 2. The summed E-state index contributed by atoms with van der Waals surface area (Å²) in [5.74, 6) is 6.54. The smallest absolute Gasteiger partial charge is 0.159 e. The second-order valence-corrected chi connectivity index (χ2v) is 4.87. The van der Waals surface area contributed by atoms with Gasteiger partial charge in [0.15, 0.2) is 5.82 Å². The molecule has 0 aromatic carbocycles. The fraction of sp³-hybridized carbons (Fsp3) is 0.600. The number of nitrogens with one attached hydrogen (secondary N) is 2. The van der Waals surface area contributed by atoms with Crippen molar-refractivity contribution in [1.82, 2.24) is 9.97 Å². The maximum absolute atomic E-state index is 5.53. The zero-order valence-electron chi connectivity index (χ0n) is 10.1. The number of aromatic nitrogens is 2. The standard InChI is InChI=1S/C10H16BrN5O2/c1-17-10(2-3-18-5-10)4-13-8-7(11)9(16-12)15-6-14-8/h6H,2-5,12H2,1H3,(H2,13,14,15,16). The third kappa shape index (κ3) is 2.72. The zero-order chi connectivity index (χ0) is 13.0. The molecule has 1 aromatic heterocycles. The normalized spacial score (nSPS) is 23.1. The van der Waals surface area contributed by atoms with E-state index < -0.39 is 0 Å². The van der Waals surface area contributed by atoms with E-state index in [1.807, 2.05) is 0 Å². The van der Waals surface area contributed by atoms with Gasteiger partial charge < -0.3 is 20.2 Å². The SMILES string of the molecule is COC1(CNc2ncnc(NN)c2Br)CCOC1. The lowest BCUT2D eigenvalue weighted by atomic mass is 10.0. The summed E-state index contributed by atoms with van der Waals surface area (Å²) in [6.45, 7) is 1.92. The number of hydrazine groups is 1. The predicted octanol–water partition coefficient (Wildman–Crippen LogP) is 0.742. The van der Waals surface area contributed by atoms with Gasteiger partial charge in [-0.25, -0.2) is 15.8 Å². The Morgan fingerprint density at radius 2 is 2.33 bits per heavy atom. The largest absolute Gasteiger partial charge is 0.378 e. The number of rotatable bonds is 5. The lowest BCUT2D eigenvalue weighted by Crippen LogP contribution is -2.39. The average molecular weight is 318 g/mol. The van der Waals surface area contributed by atoms with Crippen LogP contribution in [0.25, 0.3) is 0 Å². The molecule has 2 rings (SSSR count). The summed E-state index contributed by atoms with van der Waals surface area (Å²) in [5, 5.41) is 3.22. The van der Waals surface area contributed by atoms with E-state index in [1.54, 1.807) is 7.11 Å². The van der Waals surface area contributed by atoms with Crippen LogP contribution in [0.15, 0.2) is 10.8 Å². The molecule has 18 heavy (non-hydrogen) atoms. The fourth-order valence-corrected chi connectivity index (χ4v) is 2.26. The van der Waals surface area contributed by atoms with E-state index in [9.17, 15) is 0 Å². The van der Waals surface area contributed by atoms with Crippen LogP contribution in [0.1, 0.15) is 6.42 Å². The molecule has 0 radical (unpaired) electrons. The maximum Gasteiger partial charge on any atom is 0.159 e. The second kappa shape index (κ2) is 5.79. The molecule has 0 aliphatic carbocycles. The molecule has 1 fully saturated rings. The molecule has 0 amide bonds. The zero-order valence-corrected chi connectivity index (χ0v) is 11.7. The van der Waals surface area contributed by atoms with Crippen LogP contribution >= 0.6 is 15.9 Å². The van der Waals surface area contributed by atoms with Gasteiger partial charge in [0.05, 0.1) is 6.61 Å². The Hall–Kier alpha value is -0.960. The van der Waals surface area contributed by atoms with Gasteiger partial charge in [-0.1, -0.05) is 0 Å². The number of hydrogen-bond donors (Lipinski definition) is 3. The Morgan fingerprint density at radius 1 is 1.56 bits per heavy atom. The van der Waals surface area contributed by atoms with E-state index in [1.165, 1.54) is 6.33 Å². The van der Waals surface area contributed by atoms with Crippen LogP contribution in [0, 0.1) is 0 Å². The van der Waals surface area contributed by atoms with Crippen LogP contribution < -0.4 is 16.6 Å². The van der Waals surface area contributed by atoms with Crippen molar-refractivity contribution in [3.63, 3.8) is 0 Å². The summed E-state index contributed by atoms with van der Waals surface area (Å²) in [6, 6.07) is 0. The van der Waals surface area contributed by atoms with Gasteiger partial charge in [-0.15, -0.1) is 0 Å². The van der Waals surface area contributed by atoms with Crippen LogP contribution in [0.3, 0.4) is 0 Å². The van der Waals surface area contributed by atoms with E-state index in [0.717, 1.165) is 13.0 Å². The average Bonchev–Trinajstić information content (AvgIpc) is 2.87. The van der Waals surface area contributed by atoms with Crippen molar-refractivity contribution in [3.05, 3.63) is 10.8 Å². The van der Waals surface area contributed by atoms with Crippen molar-refractivity contribution in [2.75, 3.05) is 37.6 Å². The minimum absolute atomic E-state index is 0.291. The van der Waals surface area contributed by atoms with Crippen LogP contribution in [0.5, 0.6) is 0 Å². The third-order valence-corrected chi connectivity index (χ3v) is 3.76. The first-order valence-electron chi connectivity index (χ1n) is 5.55. The molecule has 7 nitrogen and oxygen atoms in total. The number of nitrogens with two attached hydrogens (primary N) is 1. The molecule has 0 bridgehead atoms. The van der Waals surface area contributed by atoms with Gasteiger partial charge in [0.2, 0.25) is 0 Å². The molecule has 2 heterocycles. The molecule has 100 valence electrons. The van der Waals surface area contributed by atoms with Gasteiger partial charge in [0, 0.05) is 26.7 Å². The van der Waals surface area contributed by atoms with Crippen molar-refractivity contribution in [3.8, 4) is 0 Å². The first-order chi connectivity index (χ1) is 8.71. The minimum Gasteiger partial charge on any atom is -0.378 e. The fourth-order valence-electron chi connectivity index (χ4n) is 1.80. The lowest BCUT2D eigenvalue weighted by Gasteiger charge is -2.26. The summed E-state index contributed by atoms with van der Waals surface area (Å²) in [4.78, 5) is 8.14. The Bertz CT molecular complexity index is 411. The topological polar surface area (TPSA) is 94.3 Å². The first kappa shape index (κ1) is 13.5. The molecule has 0 spiro atoms. The van der Waals surface area contributed by atoms with E-state index in [-0.39, 0.29) is 5.60 Å². The minimum atomic E-state index is -0.291. The molecule has 1 aliphatic rings. The summed E-state index contributed by atoms with van der Waals surface area (Å²) < 4.78 is 11.6. The Balaban J connectivity index is 2.05. The van der Waals surface area contributed by atoms with Gasteiger partial charge in [-0.2, -0.15) is 0 Å². The number of nitrogen functional groups attached to an aromatic ring is 1. The second-order valence-electron chi connectivity index (χ2n) is 4.07. The van der Waals surface area contributed by atoms with Crippen LogP contribution in [0.4, 0.5) is 11.6 Å². The Morgan fingerprint density at radius 3 is 2.94 bits per heavy atom. The highest BCUT2D eigenvalue weighted by Crippen LogP contribution is 2.28. The van der Waals surface area contributed by atoms with Gasteiger partial charge in [-0.05, 0) is 15.9 Å². The van der Waals surface area contributed by atoms with Crippen molar-refractivity contribution in [2.24, 2.45) is 5.84 Å². The number of halogens is 1. The van der Waals surface area contributed by atoms with Crippen molar-refractivity contribution in [1.29, 1.82) is 0 Å². The first-order valence-corrected chi connectivity index (χ1v) is 6.34. The molecule has 8 heteroatoms. The molecular formula is C10H16BrN5O2. The number of methoxy groups -OCH3 is 1. The predicted molar refractivity (Wildman–Crippen MR) is 71.2 cm³/mol.